The summed E-state index contributed by atoms with van der Waals surface area (Å²) < 4.78 is 0. The van der Waals surface area contributed by atoms with E-state index in [2.05, 4.69) is 39.8 Å². The third-order valence-corrected chi connectivity index (χ3v) is 4.58. The van der Waals surface area contributed by atoms with Gasteiger partial charge in [-0.2, -0.15) is 0 Å². The number of nitrogen functional groups attached to an aromatic ring is 2. The second-order valence-electron chi connectivity index (χ2n) is 5.72. The molecule has 0 spiro atoms. The second kappa shape index (κ2) is 6.21. The molecule has 0 aromatic heterocycles. The van der Waals surface area contributed by atoms with E-state index in [4.69, 9.17) is 11.5 Å². The highest BCUT2D eigenvalue weighted by Gasteiger charge is 2.11. The minimum Gasteiger partial charge on any atom is -0.398 e. The fourth-order valence-electron chi connectivity index (χ4n) is 3.18. The van der Waals surface area contributed by atoms with Gasteiger partial charge in [-0.3, -0.25) is 0 Å². The summed E-state index contributed by atoms with van der Waals surface area (Å²) >= 11 is 0. The first-order valence-electron chi connectivity index (χ1n) is 7.73. The molecule has 0 saturated carbocycles. The fraction of sp³-hybridized carbons (Fsp3) is 0.368. The first-order valence-corrected chi connectivity index (χ1v) is 7.73. The van der Waals surface area contributed by atoms with Gasteiger partial charge in [-0.15, -0.1) is 0 Å². The van der Waals surface area contributed by atoms with E-state index in [0.717, 1.165) is 30.6 Å². The molecule has 0 aliphatic rings. The Bertz CT molecular complexity index is 600. The summed E-state index contributed by atoms with van der Waals surface area (Å²) in [6.07, 6.45) is 2.90. The van der Waals surface area contributed by atoms with E-state index in [1.165, 1.54) is 33.4 Å². The third kappa shape index (κ3) is 2.90. The summed E-state index contributed by atoms with van der Waals surface area (Å²) in [4.78, 5) is 0. The molecule has 0 radical (unpaired) electrons. The summed E-state index contributed by atoms with van der Waals surface area (Å²) in [5.74, 6) is 0. The summed E-state index contributed by atoms with van der Waals surface area (Å²) in [6, 6.07) is 8.39. The van der Waals surface area contributed by atoms with Crippen molar-refractivity contribution in [3.63, 3.8) is 0 Å². The van der Waals surface area contributed by atoms with Gasteiger partial charge in [0.15, 0.2) is 0 Å². The Kier molecular flexibility index (Phi) is 4.56. The van der Waals surface area contributed by atoms with Crippen molar-refractivity contribution in [2.24, 2.45) is 0 Å². The predicted octanol–water partition coefficient (Wildman–Crippen LogP) is 4.18. The summed E-state index contributed by atoms with van der Waals surface area (Å²) in [5.41, 5.74) is 21.9. The van der Waals surface area contributed by atoms with Gasteiger partial charge in [-0.05, 0) is 78.6 Å². The fourth-order valence-corrected chi connectivity index (χ4v) is 3.18. The standard InChI is InChI=1S/C19H26N2/c1-5-16-12(3)14(7-9-18(16)20)11-15-8-10-19(21)17(6-2)13(15)4/h7-10H,5-6,11,20-21H2,1-4H3. The van der Waals surface area contributed by atoms with E-state index >= 15 is 0 Å². The summed E-state index contributed by atoms with van der Waals surface area (Å²) in [7, 11) is 0. The smallest absolute Gasteiger partial charge is 0.0349 e. The summed E-state index contributed by atoms with van der Waals surface area (Å²) in [5, 5.41) is 0. The number of hydrogen-bond donors (Lipinski definition) is 2. The van der Waals surface area contributed by atoms with Crippen LogP contribution in [-0.2, 0) is 19.3 Å². The van der Waals surface area contributed by atoms with E-state index in [9.17, 15) is 0 Å². The van der Waals surface area contributed by atoms with Gasteiger partial charge in [-0.1, -0.05) is 26.0 Å². The van der Waals surface area contributed by atoms with Crippen LogP contribution in [0.4, 0.5) is 11.4 Å². The summed E-state index contributed by atoms with van der Waals surface area (Å²) in [6.45, 7) is 8.67. The van der Waals surface area contributed by atoms with Crippen molar-refractivity contribution < 1.29 is 0 Å². The number of benzene rings is 2. The Morgan fingerprint density at radius 3 is 1.43 bits per heavy atom. The average Bonchev–Trinajstić information content (AvgIpc) is 2.45. The van der Waals surface area contributed by atoms with Gasteiger partial charge in [-0.25, -0.2) is 0 Å². The van der Waals surface area contributed by atoms with E-state index in [1.54, 1.807) is 0 Å². The topological polar surface area (TPSA) is 52.0 Å². The molecule has 0 aliphatic carbocycles. The lowest BCUT2D eigenvalue weighted by atomic mass is 9.90. The van der Waals surface area contributed by atoms with Crippen LogP contribution < -0.4 is 11.5 Å². The lowest BCUT2D eigenvalue weighted by Gasteiger charge is -2.16. The molecule has 0 aliphatic heterocycles. The Hall–Kier alpha value is -1.96. The number of nitrogens with two attached hydrogens (primary N) is 2. The van der Waals surface area contributed by atoms with Crippen molar-refractivity contribution in [3.8, 4) is 0 Å². The lowest BCUT2D eigenvalue weighted by Crippen LogP contribution is -2.04. The molecule has 0 saturated heterocycles. The van der Waals surface area contributed by atoms with Crippen molar-refractivity contribution in [1.29, 1.82) is 0 Å². The van der Waals surface area contributed by atoms with Crippen LogP contribution in [0.1, 0.15) is 47.2 Å². The highest BCUT2D eigenvalue weighted by Crippen LogP contribution is 2.27. The molecule has 0 heterocycles. The van der Waals surface area contributed by atoms with Crippen LogP contribution in [0, 0.1) is 13.8 Å². The van der Waals surface area contributed by atoms with Gasteiger partial charge in [0.1, 0.15) is 0 Å². The molecular formula is C19H26N2. The SMILES string of the molecule is CCc1c(N)ccc(Cc2ccc(N)c(CC)c2C)c1C. The monoisotopic (exact) mass is 282 g/mol. The third-order valence-electron chi connectivity index (χ3n) is 4.58. The predicted molar refractivity (Wildman–Crippen MR) is 92.7 cm³/mol. The largest absolute Gasteiger partial charge is 0.398 e. The maximum absolute atomic E-state index is 6.07. The van der Waals surface area contributed by atoms with Gasteiger partial charge in [0.25, 0.3) is 0 Å². The average molecular weight is 282 g/mol. The number of rotatable bonds is 4. The van der Waals surface area contributed by atoms with Gasteiger partial charge >= 0.3 is 0 Å². The zero-order valence-corrected chi connectivity index (χ0v) is 13.6. The van der Waals surface area contributed by atoms with Crippen LogP contribution in [0.3, 0.4) is 0 Å². The molecule has 112 valence electrons. The Morgan fingerprint density at radius 2 is 1.10 bits per heavy atom. The molecule has 21 heavy (non-hydrogen) atoms. The first kappa shape index (κ1) is 15.4. The lowest BCUT2D eigenvalue weighted by molar-refractivity contribution is 1.04. The van der Waals surface area contributed by atoms with E-state index in [1.807, 2.05) is 12.1 Å². The Morgan fingerprint density at radius 1 is 0.714 bits per heavy atom. The normalized spacial score (nSPS) is 10.9. The quantitative estimate of drug-likeness (QED) is 0.826. The van der Waals surface area contributed by atoms with Gasteiger partial charge in [0.05, 0.1) is 0 Å². The molecule has 0 bridgehead atoms. The minimum atomic E-state index is 0.905. The van der Waals surface area contributed by atoms with Crippen molar-refractivity contribution in [1.82, 2.24) is 0 Å². The molecule has 2 aromatic rings. The number of anilines is 2. The van der Waals surface area contributed by atoms with Crippen molar-refractivity contribution in [3.05, 3.63) is 57.6 Å². The molecule has 0 unspecified atom stereocenters. The molecule has 2 aromatic carbocycles. The molecule has 4 N–H and O–H groups in total. The first-order chi connectivity index (χ1) is 9.99. The van der Waals surface area contributed by atoms with Gasteiger partial charge in [0, 0.05) is 11.4 Å². The van der Waals surface area contributed by atoms with Crippen LogP contribution in [0.2, 0.25) is 0 Å². The van der Waals surface area contributed by atoms with Crippen LogP contribution in [-0.4, -0.2) is 0 Å². The Labute approximate surface area is 128 Å². The molecule has 0 fully saturated rings. The van der Waals surface area contributed by atoms with Crippen molar-refractivity contribution in [2.75, 3.05) is 11.5 Å². The maximum atomic E-state index is 6.07. The zero-order chi connectivity index (χ0) is 15.6. The minimum absolute atomic E-state index is 0.905. The van der Waals surface area contributed by atoms with E-state index < -0.39 is 0 Å². The van der Waals surface area contributed by atoms with Crippen LogP contribution in [0.5, 0.6) is 0 Å². The molecule has 0 atom stereocenters. The van der Waals surface area contributed by atoms with E-state index in [-0.39, 0.29) is 0 Å². The van der Waals surface area contributed by atoms with Crippen LogP contribution >= 0.6 is 0 Å². The molecule has 2 rings (SSSR count). The highest BCUT2D eigenvalue weighted by atomic mass is 14.6. The van der Waals surface area contributed by atoms with E-state index in [0.29, 0.717) is 0 Å². The van der Waals surface area contributed by atoms with Gasteiger partial charge < -0.3 is 11.5 Å². The second-order valence-corrected chi connectivity index (χ2v) is 5.72. The van der Waals surface area contributed by atoms with Gasteiger partial charge in [0.2, 0.25) is 0 Å². The molecular weight excluding hydrogens is 256 g/mol. The number of hydrogen-bond acceptors (Lipinski definition) is 2. The van der Waals surface area contributed by atoms with Crippen molar-refractivity contribution in [2.45, 2.75) is 47.0 Å². The molecule has 2 heteroatoms. The Balaban J connectivity index is 2.44. The van der Waals surface area contributed by atoms with Crippen molar-refractivity contribution >= 4 is 11.4 Å². The van der Waals surface area contributed by atoms with Crippen LogP contribution in [0.15, 0.2) is 24.3 Å². The molecule has 2 nitrogen and oxygen atoms in total. The van der Waals surface area contributed by atoms with Crippen LogP contribution in [0.25, 0.3) is 0 Å². The highest BCUT2D eigenvalue weighted by molar-refractivity contribution is 5.57. The maximum Gasteiger partial charge on any atom is 0.0349 e. The zero-order valence-electron chi connectivity index (χ0n) is 13.6. The molecule has 0 amide bonds.